The molecule has 68 valence electrons. The van der Waals surface area contributed by atoms with Gasteiger partial charge in [-0.1, -0.05) is 24.2 Å². The molecule has 0 fully saturated rings. The van der Waals surface area contributed by atoms with Crippen molar-refractivity contribution in [3.8, 4) is 0 Å². The second-order valence-corrected chi connectivity index (χ2v) is 2.78. The first-order chi connectivity index (χ1) is 6.09. The fourth-order valence-corrected chi connectivity index (χ4v) is 0.910. The van der Waals surface area contributed by atoms with Crippen molar-refractivity contribution < 1.29 is 14.4 Å². The average molecular weight is 180 g/mol. The van der Waals surface area contributed by atoms with Crippen LogP contribution in [0.2, 0.25) is 0 Å². The molecule has 0 aliphatic carbocycles. The molecule has 2 nitrogen and oxygen atoms in total. The largest absolute Gasteiger partial charge is 0.480 e. The summed E-state index contributed by atoms with van der Waals surface area (Å²) in [6.07, 6.45) is 1.45. The zero-order chi connectivity index (χ0) is 9.84. The fourth-order valence-electron chi connectivity index (χ4n) is 0.910. The first-order valence-electron chi connectivity index (χ1n) is 3.90. The molecule has 1 rings (SSSR count). The Balaban J connectivity index is 2.85. The van der Waals surface area contributed by atoms with Gasteiger partial charge >= 0.3 is 7.12 Å². The SMILES string of the molecule is Cc1ccc(C=CB(O)O)cc1F. The number of rotatable bonds is 2. The summed E-state index contributed by atoms with van der Waals surface area (Å²) >= 11 is 0. The quantitative estimate of drug-likeness (QED) is 0.670. The van der Waals surface area contributed by atoms with Gasteiger partial charge in [-0.3, -0.25) is 0 Å². The van der Waals surface area contributed by atoms with Gasteiger partial charge in [-0.05, 0) is 24.1 Å². The van der Waals surface area contributed by atoms with Gasteiger partial charge in [-0.25, -0.2) is 4.39 Å². The number of hydrogen-bond acceptors (Lipinski definition) is 2. The molecule has 0 heterocycles. The maximum atomic E-state index is 12.9. The van der Waals surface area contributed by atoms with Crippen LogP contribution in [0.5, 0.6) is 0 Å². The van der Waals surface area contributed by atoms with Gasteiger partial charge in [0, 0.05) is 0 Å². The van der Waals surface area contributed by atoms with E-state index in [-0.39, 0.29) is 5.82 Å². The van der Waals surface area contributed by atoms with E-state index in [0.717, 1.165) is 0 Å². The number of hydrogen-bond donors (Lipinski definition) is 2. The summed E-state index contributed by atoms with van der Waals surface area (Å²) < 4.78 is 12.9. The lowest BCUT2D eigenvalue weighted by molar-refractivity contribution is 0.424. The van der Waals surface area contributed by atoms with Crippen molar-refractivity contribution in [3.63, 3.8) is 0 Å². The summed E-state index contributed by atoms with van der Waals surface area (Å²) in [4.78, 5) is 0. The number of aryl methyl sites for hydroxylation is 1. The summed E-state index contributed by atoms with van der Waals surface area (Å²) in [5, 5.41) is 17.0. The Labute approximate surface area is 76.5 Å². The van der Waals surface area contributed by atoms with E-state index in [2.05, 4.69) is 0 Å². The van der Waals surface area contributed by atoms with Gasteiger partial charge in [0.25, 0.3) is 0 Å². The van der Waals surface area contributed by atoms with Crippen molar-refractivity contribution in [2.45, 2.75) is 6.92 Å². The lowest BCUT2D eigenvalue weighted by Crippen LogP contribution is -2.05. The first-order valence-corrected chi connectivity index (χ1v) is 3.90. The van der Waals surface area contributed by atoms with Gasteiger partial charge in [-0.2, -0.15) is 0 Å². The van der Waals surface area contributed by atoms with Gasteiger partial charge in [0.2, 0.25) is 0 Å². The van der Waals surface area contributed by atoms with Crippen molar-refractivity contribution in [3.05, 3.63) is 41.1 Å². The van der Waals surface area contributed by atoms with Gasteiger partial charge < -0.3 is 10.0 Å². The van der Waals surface area contributed by atoms with E-state index in [4.69, 9.17) is 10.0 Å². The lowest BCUT2D eigenvalue weighted by atomic mass is 9.90. The molecule has 0 aliphatic heterocycles. The highest BCUT2D eigenvalue weighted by molar-refractivity contribution is 6.48. The van der Waals surface area contributed by atoms with E-state index in [1.54, 1.807) is 19.1 Å². The van der Waals surface area contributed by atoms with Crippen molar-refractivity contribution in [2.24, 2.45) is 0 Å². The molecule has 13 heavy (non-hydrogen) atoms. The molecule has 0 saturated carbocycles. The van der Waals surface area contributed by atoms with E-state index in [1.165, 1.54) is 18.1 Å². The molecule has 0 unspecified atom stereocenters. The molecule has 0 amide bonds. The molecule has 1 aromatic carbocycles. The molecule has 1 aromatic rings. The highest BCUT2D eigenvalue weighted by Crippen LogP contribution is 2.10. The summed E-state index contributed by atoms with van der Waals surface area (Å²) in [6.45, 7) is 1.67. The Kier molecular flexibility index (Phi) is 3.22. The molecular weight excluding hydrogens is 170 g/mol. The normalized spacial score (nSPS) is 10.8. The Bertz CT molecular complexity index is 323. The maximum absolute atomic E-state index is 12.9. The van der Waals surface area contributed by atoms with Crippen molar-refractivity contribution in [1.29, 1.82) is 0 Å². The predicted molar refractivity (Wildman–Crippen MR) is 50.4 cm³/mol. The summed E-state index contributed by atoms with van der Waals surface area (Å²) in [7, 11) is -1.50. The minimum Gasteiger partial charge on any atom is -0.424 e. The Morgan fingerprint density at radius 2 is 2.08 bits per heavy atom. The molecule has 2 N–H and O–H groups in total. The van der Waals surface area contributed by atoms with Crippen LogP contribution in [0.3, 0.4) is 0 Å². The molecular formula is C9H10BFO2. The Hall–Kier alpha value is -1.13. The lowest BCUT2D eigenvalue weighted by Gasteiger charge is -1.97. The van der Waals surface area contributed by atoms with Gasteiger partial charge in [0.1, 0.15) is 5.82 Å². The average Bonchev–Trinajstić information content (AvgIpc) is 2.07. The van der Waals surface area contributed by atoms with E-state index < -0.39 is 7.12 Å². The zero-order valence-corrected chi connectivity index (χ0v) is 7.24. The van der Waals surface area contributed by atoms with Crippen LogP contribution in [-0.2, 0) is 0 Å². The third kappa shape index (κ3) is 3.01. The smallest absolute Gasteiger partial charge is 0.424 e. The number of benzene rings is 1. The van der Waals surface area contributed by atoms with E-state index in [1.807, 2.05) is 0 Å². The van der Waals surface area contributed by atoms with Crippen LogP contribution < -0.4 is 0 Å². The molecule has 0 atom stereocenters. The van der Waals surface area contributed by atoms with Gasteiger partial charge in [-0.15, -0.1) is 0 Å². The molecule has 0 bridgehead atoms. The van der Waals surface area contributed by atoms with Crippen molar-refractivity contribution >= 4 is 13.2 Å². The Morgan fingerprint density at radius 1 is 1.38 bits per heavy atom. The van der Waals surface area contributed by atoms with Crippen LogP contribution in [0.25, 0.3) is 6.08 Å². The highest BCUT2D eigenvalue weighted by Gasteiger charge is 2.00. The third-order valence-electron chi connectivity index (χ3n) is 1.66. The van der Waals surface area contributed by atoms with Crippen LogP contribution in [0.15, 0.2) is 24.2 Å². The van der Waals surface area contributed by atoms with Gasteiger partial charge in [0.15, 0.2) is 0 Å². The molecule has 0 aromatic heterocycles. The minimum atomic E-state index is -1.50. The van der Waals surface area contributed by atoms with Crippen molar-refractivity contribution in [1.82, 2.24) is 0 Å². The van der Waals surface area contributed by atoms with E-state index >= 15 is 0 Å². The predicted octanol–water partition coefficient (Wildman–Crippen LogP) is 1.16. The van der Waals surface area contributed by atoms with Crippen LogP contribution in [-0.4, -0.2) is 17.2 Å². The maximum Gasteiger partial charge on any atom is 0.480 e. The van der Waals surface area contributed by atoms with E-state index in [0.29, 0.717) is 11.1 Å². The first kappa shape index (κ1) is 9.96. The minimum absolute atomic E-state index is 0.297. The van der Waals surface area contributed by atoms with Crippen LogP contribution in [0, 0.1) is 12.7 Å². The van der Waals surface area contributed by atoms with E-state index in [9.17, 15) is 4.39 Å². The van der Waals surface area contributed by atoms with Crippen LogP contribution >= 0.6 is 0 Å². The third-order valence-corrected chi connectivity index (χ3v) is 1.66. The molecule has 0 saturated heterocycles. The number of halogens is 1. The second kappa shape index (κ2) is 4.21. The van der Waals surface area contributed by atoms with Crippen LogP contribution in [0.1, 0.15) is 11.1 Å². The second-order valence-electron chi connectivity index (χ2n) is 2.78. The van der Waals surface area contributed by atoms with Crippen molar-refractivity contribution in [2.75, 3.05) is 0 Å². The standard InChI is InChI=1S/C9H10BFO2/c1-7-2-3-8(6-9(7)11)4-5-10(12)13/h2-6,12-13H,1H3. The summed E-state index contributed by atoms with van der Waals surface area (Å²) in [5.74, 6) is 0.874. The molecule has 0 radical (unpaired) electrons. The topological polar surface area (TPSA) is 40.5 Å². The monoisotopic (exact) mass is 180 g/mol. The fraction of sp³-hybridized carbons (Fsp3) is 0.111. The van der Waals surface area contributed by atoms with Gasteiger partial charge in [0.05, 0.1) is 0 Å². The zero-order valence-electron chi connectivity index (χ0n) is 7.24. The highest BCUT2D eigenvalue weighted by atomic mass is 19.1. The molecule has 0 spiro atoms. The Morgan fingerprint density at radius 3 is 2.62 bits per heavy atom. The molecule has 4 heteroatoms. The summed E-state index contributed by atoms with van der Waals surface area (Å²) in [6, 6.07) is 4.68. The van der Waals surface area contributed by atoms with Crippen LogP contribution in [0.4, 0.5) is 4.39 Å². The molecule has 0 aliphatic rings. The summed E-state index contributed by atoms with van der Waals surface area (Å²) in [5.41, 5.74) is 1.18.